The predicted molar refractivity (Wildman–Crippen MR) is 95.1 cm³/mol. The number of nitrogens with zero attached hydrogens (tertiary/aromatic N) is 2. The van der Waals surface area contributed by atoms with Crippen LogP contribution in [0, 0.1) is 0 Å². The molecule has 3 rings (SSSR count). The Kier molecular flexibility index (Phi) is 5.16. The molecule has 1 aliphatic rings. The Bertz CT molecular complexity index is 687. The molecule has 1 atom stereocenters. The van der Waals surface area contributed by atoms with E-state index in [1.54, 1.807) is 7.11 Å². The van der Waals surface area contributed by atoms with E-state index in [1.807, 2.05) is 53.4 Å². The minimum Gasteiger partial charge on any atom is -0.496 e. The van der Waals surface area contributed by atoms with Crippen LogP contribution in [0.4, 0.5) is 0 Å². The van der Waals surface area contributed by atoms with E-state index in [0.717, 1.165) is 30.0 Å². The van der Waals surface area contributed by atoms with Crippen molar-refractivity contribution >= 4 is 5.91 Å². The fourth-order valence-electron chi connectivity index (χ4n) is 3.26. The van der Waals surface area contributed by atoms with Gasteiger partial charge >= 0.3 is 0 Å². The standard InChI is InChI=1S/C20H24N2O2/c1-21-12-13-22(20(23)14-16-8-4-3-5-9-16)15-18(21)17-10-6-7-11-19(17)24-2/h3-11,18H,12-15H2,1-2H3. The first-order valence-electron chi connectivity index (χ1n) is 8.34. The van der Waals surface area contributed by atoms with Gasteiger partial charge in [-0.1, -0.05) is 48.5 Å². The lowest BCUT2D eigenvalue weighted by atomic mass is 10.0. The van der Waals surface area contributed by atoms with Gasteiger partial charge in [0.2, 0.25) is 5.91 Å². The molecule has 1 saturated heterocycles. The third-order valence-electron chi connectivity index (χ3n) is 4.70. The van der Waals surface area contributed by atoms with Crippen LogP contribution in [0.2, 0.25) is 0 Å². The lowest BCUT2D eigenvalue weighted by Crippen LogP contribution is -2.49. The van der Waals surface area contributed by atoms with E-state index >= 15 is 0 Å². The quantitative estimate of drug-likeness (QED) is 0.867. The van der Waals surface area contributed by atoms with E-state index in [9.17, 15) is 4.79 Å². The summed E-state index contributed by atoms with van der Waals surface area (Å²) in [5.41, 5.74) is 2.20. The van der Waals surface area contributed by atoms with Crippen molar-refractivity contribution in [2.24, 2.45) is 0 Å². The molecule has 126 valence electrons. The van der Waals surface area contributed by atoms with Gasteiger partial charge in [-0.15, -0.1) is 0 Å². The number of hydrogen-bond acceptors (Lipinski definition) is 3. The number of para-hydroxylation sites is 1. The Morgan fingerprint density at radius 1 is 1.08 bits per heavy atom. The van der Waals surface area contributed by atoms with E-state index in [-0.39, 0.29) is 11.9 Å². The number of carbonyl (C=O) groups excluding carboxylic acids is 1. The van der Waals surface area contributed by atoms with Gasteiger partial charge in [0.05, 0.1) is 19.6 Å². The first-order chi connectivity index (χ1) is 11.7. The van der Waals surface area contributed by atoms with Gasteiger partial charge in [-0.3, -0.25) is 9.69 Å². The Balaban J connectivity index is 1.74. The van der Waals surface area contributed by atoms with Crippen LogP contribution in [-0.2, 0) is 11.2 Å². The zero-order chi connectivity index (χ0) is 16.9. The average molecular weight is 324 g/mol. The summed E-state index contributed by atoms with van der Waals surface area (Å²) in [6, 6.07) is 18.2. The molecule has 4 heteroatoms. The largest absolute Gasteiger partial charge is 0.496 e. The minimum absolute atomic E-state index is 0.162. The lowest BCUT2D eigenvalue weighted by Gasteiger charge is -2.40. The molecule has 1 aliphatic heterocycles. The summed E-state index contributed by atoms with van der Waals surface area (Å²) < 4.78 is 5.51. The molecule has 0 spiro atoms. The monoisotopic (exact) mass is 324 g/mol. The highest BCUT2D eigenvalue weighted by Crippen LogP contribution is 2.31. The smallest absolute Gasteiger partial charge is 0.227 e. The molecule has 0 aromatic heterocycles. The maximum absolute atomic E-state index is 12.7. The first-order valence-corrected chi connectivity index (χ1v) is 8.34. The van der Waals surface area contributed by atoms with Crippen LogP contribution in [0.25, 0.3) is 0 Å². The van der Waals surface area contributed by atoms with Crippen LogP contribution >= 0.6 is 0 Å². The summed E-state index contributed by atoms with van der Waals surface area (Å²) in [6.45, 7) is 2.33. The highest BCUT2D eigenvalue weighted by molar-refractivity contribution is 5.79. The van der Waals surface area contributed by atoms with Crippen molar-refractivity contribution in [2.75, 3.05) is 33.8 Å². The van der Waals surface area contributed by atoms with Crippen molar-refractivity contribution in [3.8, 4) is 5.75 Å². The van der Waals surface area contributed by atoms with Crippen molar-refractivity contribution in [1.82, 2.24) is 9.80 Å². The van der Waals surface area contributed by atoms with Gasteiger partial charge in [0, 0.05) is 25.2 Å². The van der Waals surface area contributed by atoms with E-state index in [0.29, 0.717) is 13.0 Å². The fourth-order valence-corrected chi connectivity index (χ4v) is 3.26. The Labute approximate surface area is 143 Å². The molecule has 1 heterocycles. The number of carbonyl (C=O) groups is 1. The van der Waals surface area contributed by atoms with E-state index in [2.05, 4.69) is 18.0 Å². The Morgan fingerprint density at radius 3 is 2.54 bits per heavy atom. The highest BCUT2D eigenvalue weighted by atomic mass is 16.5. The van der Waals surface area contributed by atoms with Crippen LogP contribution < -0.4 is 4.74 Å². The lowest BCUT2D eigenvalue weighted by molar-refractivity contribution is -0.133. The molecule has 4 nitrogen and oxygen atoms in total. The summed E-state index contributed by atoms with van der Waals surface area (Å²) in [5, 5.41) is 0. The number of benzene rings is 2. The topological polar surface area (TPSA) is 32.8 Å². The Hall–Kier alpha value is -2.33. The van der Waals surface area contributed by atoms with E-state index in [1.165, 1.54) is 0 Å². The molecule has 0 N–H and O–H groups in total. The second-order valence-corrected chi connectivity index (χ2v) is 6.24. The molecular formula is C20H24N2O2. The molecule has 1 fully saturated rings. The zero-order valence-electron chi connectivity index (χ0n) is 14.3. The SMILES string of the molecule is COc1ccccc1C1CN(C(=O)Cc2ccccc2)CCN1C. The van der Waals surface area contributed by atoms with Crippen molar-refractivity contribution in [2.45, 2.75) is 12.5 Å². The minimum atomic E-state index is 0.162. The molecule has 2 aromatic rings. The fraction of sp³-hybridized carbons (Fsp3) is 0.350. The van der Waals surface area contributed by atoms with Crippen LogP contribution in [0.1, 0.15) is 17.2 Å². The third-order valence-corrected chi connectivity index (χ3v) is 4.70. The summed E-state index contributed by atoms with van der Waals surface area (Å²) in [5.74, 6) is 1.07. The molecule has 1 amide bonds. The second-order valence-electron chi connectivity index (χ2n) is 6.24. The first kappa shape index (κ1) is 16.5. The van der Waals surface area contributed by atoms with E-state index < -0.39 is 0 Å². The van der Waals surface area contributed by atoms with Crippen LogP contribution in [0.3, 0.4) is 0 Å². The number of methoxy groups -OCH3 is 1. The van der Waals surface area contributed by atoms with Gasteiger partial charge in [0.1, 0.15) is 5.75 Å². The van der Waals surface area contributed by atoms with Gasteiger partial charge in [0.25, 0.3) is 0 Å². The van der Waals surface area contributed by atoms with Crippen molar-refractivity contribution in [1.29, 1.82) is 0 Å². The second kappa shape index (κ2) is 7.49. The predicted octanol–water partition coefficient (Wildman–Crippen LogP) is 2.75. The number of ether oxygens (including phenoxy) is 1. The number of amides is 1. The number of piperazine rings is 1. The van der Waals surface area contributed by atoms with Gasteiger partial charge in [-0.2, -0.15) is 0 Å². The van der Waals surface area contributed by atoms with Crippen LogP contribution in [0.5, 0.6) is 5.75 Å². The molecule has 0 aliphatic carbocycles. The molecule has 0 saturated carbocycles. The number of rotatable bonds is 4. The van der Waals surface area contributed by atoms with Gasteiger partial charge < -0.3 is 9.64 Å². The zero-order valence-corrected chi connectivity index (χ0v) is 14.3. The molecule has 1 unspecified atom stereocenters. The maximum Gasteiger partial charge on any atom is 0.227 e. The summed E-state index contributed by atoms with van der Waals surface area (Å²) in [7, 11) is 3.80. The van der Waals surface area contributed by atoms with Crippen molar-refractivity contribution in [3.05, 3.63) is 65.7 Å². The van der Waals surface area contributed by atoms with E-state index in [4.69, 9.17) is 4.74 Å². The number of likely N-dealkylation sites (N-methyl/N-ethyl adjacent to an activating group) is 1. The van der Waals surface area contributed by atoms with Crippen molar-refractivity contribution < 1.29 is 9.53 Å². The normalized spacial score (nSPS) is 18.4. The molecule has 24 heavy (non-hydrogen) atoms. The van der Waals surface area contributed by atoms with Crippen LogP contribution in [-0.4, -0.2) is 49.5 Å². The summed E-state index contributed by atoms with van der Waals surface area (Å²) in [6.07, 6.45) is 0.462. The maximum atomic E-state index is 12.7. The molecule has 0 bridgehead atoms. The summed E-state index contributed by atoms with van der Waals surface area (Å²) >= 11 is 0. The highest BCUT2D eigenvalue weighted by Gasteiger charge is 2.29. The van der Waals surface area contributed by atoms with Gasteiger partial charge in [-0.25, -0.2) is 0 Å². The van der Waals surface area contributed by atoms with Gasteiger partial charge in [0.15, 0.2) is 0 Å². The average Bonchev–Trinajstić information content (AvgIpc) is 2.63. The molecule has 0 radical (unpaired) electrons. The van der Waals surface area contributed by atoms with Gasteiger partial charge in [-0.05, 0) is 18.7 Å². The number of hydrogen-bond donors (Lipinski definition) is 0. The third kappa shape index (κ3) is 3.60. The van der Waals surface area contributed by atoms with Crippen LogP contribution in [0.15, 0.2) is 54.6 Å². The molecule has 2 aromatic carbocycles. The van der Waals surface area contributed by atoms with Crippen molar-refractivity contribution in [3.63, 3.8) is 0 Å². The molecular weight excluding hydrogens is 300 g/mol. The summed E-state index contributed by atoms with van der Waals surface area (Å²) in [4.78, 5) is 17.0. The Morgan fingerprint density at radius 2 is 1.79 bits per heavy atom.